The van der Waals surface area contributed by atoms with Crippen LogP contribution >= 0.6 is 11.8 Å². The predicted octanol–water partition coefficient (Wildman–Crippen LogP) is 2.41. The molecule has 0 spiro atoms. The summed E-state index contributed by atoms with van der Waals surface area (Å²) >= 11 is 1.52. The van der Waals surface area contributed by atoms with Crippen molar-refractivity contribution in [2.45, 2.75) is 31.2 Å². The molecule has 0 atom stereocenters. The predicted molar refractivity (Wildman–Crippen MR) is 82.3 cm³/mol. The van der Waals surface area contributed by atoms with Gasteiger partial charge in [0, 0.05) is 24.1 Å². The molecular formula is C15H23NO3S. The molecule has 5 heteroatoms. The lowest BCUT2D eigenvalue weighted by molar-refractivity contribution is -0.130. The standard InChI is InChI=1S/C15H23NO3S/c1-12(2)16(9-4-10-17)15(18)11-20-14-7-5-13(19-3)6-8-14/h5-8,12,17H,4,9-11H2,1-3H3. The lowest BCUT2D eigenvalue weighted by Crippen LogP contribution is -2.39. The van der Waals surface area contributed by atoms with Gasteiger partial charge in [-0.25, -0.2) is 0 Å². The Morgan fingerprint density at radius 1 is 1.35 bits per heavy atom. The van der Waals surface area contributed by atoms with E-state index >= 15 is 0 Å². The Kier molecular flexibility index (Phi) is 7.47. The zero-order valence-corrected chi connectivity index (χ0v) is 13.2. The van der Waals surface area contributed by atoms with Crippen LogP contribution in [0.15, 0.2) is 29.2 Å². The Morgan fingerprint density at radius 2 is 2.00 bits per heavy atom. The Labute approximate surface area is 125 Å². The van der Waals surface area contributed by atoms with Crippen LogP contribution in [0.2, 0.25) is 0 Å². The second kappa shape index (κ2) is 8.87. The van der Waals surface area contributed by atoms with Crippen molar-refractivity contribution in [1.29, 1.82) is 0 Å². The number of hydrogen-bond donors (Lipinski definition) is 1. The van der Waals surface area contributed by atoms with Crippen LogP contribution in [0.4, 0.5) is 0 Å². The number of carbonyl (C=O) groups is 1. The van der Waals surface area contributed by atoms with Crippen molar-refractivity contribution >= 4 is 17.7 Å². The number of ether oxygens (including phenoxy) is 1. The van der Waals surface area contributed by atoms with Crippen LogP contribution in [0.3, 0.4) is 0 Å². The summed E-state index contributed by atoms with van der Waals surface area (Å²) in [6, 6.07) is 7.83. The molecule has 0 saturated carbocycles. The van der Waals surface area contributed by atoms with Crippen molar-refractivity contribution < 1.29 is 14.6 Å². The van der Waals surface area contributed by atoms with Crippen molar-refractivity contribution in [2.75, 3.05) is 26.0 Å². The molecule has 0 bridgehead atoms. The molecule has 0 heterocycles. The van der Waals surface area contributed by atoms with Gasteiger partial charge in [-0.15, -0.1) is 11.8 Å². The second-order valence-electron chi connectivity index (χ2n) is 4.72. The molecule has 0 fully saturated rings. The minimum Gasteiger partial charge on any atom is -0.497 e. The molecule has 4 nitrogen and oxygen atoms in total. The molecule has 0 aliphatic rings. The van der Waals surface area contributed by atoms with Crippen molar-refractivity contribution in [3.63, 3.8) is 0 Å². The van der Waals surface area contributed by atoms with Crippen LogP contribution < -0.4 is 4.74 Å². The fraction of sp³-hybridized carbons (Fsp3) is 0.533. The van der Waals surface area contributed by atoms with E-state index < -0.39 is 0 Å². The topological polar surface area (TPSA) is 49.8 Å². The Hall–Kier alpha value is -1.20. The molecule has 0 aromatic heterocycles. The number of amides is 1. The number of aliphatic hydroxyl groups is 1. The SMILES string of the molecule is COc1ccc(SCC(=O)N(CCCO)C(C)C)cc1. The molecule has 1 aromatic carbocycles. The molecular weight excluding hydrogens is 274 g/mol. The van der Waals surface area contributed by atoms with Gasteiger partial charge in [0.1, 0.15) is 5.75 Å². The first-order valence-electron chi connectivity index (χ1n) is 6.75. The number of benzene rings is 1. The first-order chi connectivity index (χ1) is 9.58. The molecule has 0 aliphatic heterocycles. The molecule has 112 valence electrons. The fourth-order valence-electron chi connectivity index (χ4n) is 1.81. The number of thioether (sulfide) groups is 1. The first-order valence-corrected chi connectivity index (χ1v) is 7.74. The van der Waals surface area contributed by atoms with Gasteiger partial charge in [-0.05, 0) is 44.5 Å². The summed E-state index contributed by atoms with van der Waals surface area (Å²) in [5.41, 5.74) is 0. The van der Waals surface area contributed by atoms with Crippen LogP contribution in [0.5, 0.6) is 5.75 Å². The summed E-state index contributed by atoms with van der Waals surface area (Å²) in [5.74, 6) is 1.33. The number of carbonyl (C=O) groups excluding carboxylic acids is 1. The van der Waals surface area contributed by atoms with Gasteiger partial charge >= 0.3 is 0 Å². The first kappa shape index (κ1) is 16.9. The lowest BCUT2D eigenvalue weighted by atomic mass is 10.3. The van der Waals surface area contributed by atoms with Crippen LogP contribution in [-0.2, 0) is 4.79 Å². The van der Waals surface area contributed by atoms with E-state index in [2.05, 4.69) is 0 Å². The van der Waals surface area contributed by atoms with Crippen LogP contribution in [0, 0.1) is 0 Å². The minimum atomic E-state index is 0.106. The Balaban J connectivity index is 2.50. The lowest BCUT2D eigenvalue weighted by Gasteiger charge is -2.26. The molecule has 0 aliphatic carbocycles. The Bertz CT molecular complexity index is 406. The largest absolute Gasteiger partial charge is 0.497 e. The third-order valence-electron chi connectivity index (χ3n) is 2.92. The number of nitrogens with zero attached hydrogens (tertiary/aromatic N) is 1. The van der Waals surface area contributed by atoms with Crippen molar-refractivity contribution in [3.8, 4) is 5.75 Å². The fourth-order valence-corrected chi connectivity index (χ4v) is 2.60. The highest BCUT2D eigenvalue weighted by Crippen LogP contribution is 2.21. The molecule has 1 amide bonds. The molecule has 0 radical (unpaired) electrons. The quantitative estimate of drug-likeness (QED) is 0.749. The Morgan fingerprint density at radius 3 is 2.50 bits per heavy atom. The highest BCUT2D eigenvalue weighted by Gasteiger charge is 2.16. The maximum absolute atomic E-state index is 12.2. The van der Waals surface area contributed by atoms with Crippen molar-refractivity contribution in [1.82, 2.24) is 4.90 Å². The smallest absolute Gasteiger partial charge is 0.233 e. The van der Waals surface area contributed by atoms with Gasteiger partial charge in [-0.1, -0.05) is 0 Å². The van der Waals surface area contributed by atoms with E-state index in [1.54, 1.807) is 7.11 Å². The molecule has 1 N–H and O–H groups in total. The third kappa shape index (κ3) is 5.43. The maximum Gasteiger partial charge on any atom is 0.233 e. The van der Waals surface area contributed by atoms with Gasteiger partial charge in [0.05, 0.1) is 12.9 Å². The summed E-state index contributed by atoms with van der Waals surface area (Å²) < 4.78 is 5.10. The van der Waals surface area contributed by atoms with E-state index in [9.17, 15) is 4.79 Å². The zero-order chi connectivity index (χ0) is 15.0. The summed E-state index contributed by atoms with van der Waals surface area (Å²) in [4.78, 5) is 15.0. The van der Waals surface area contributed by atoms with E-state index in [1.165, 1.54) is 11.8 Å². The van der Waals surface area contributed by atoms with Gasteiger partial charge in [-0.3, -0.25) is 4.79 Å². The summed E-state index contributed by atoms with van der Waals surface area (Å²) in [7, 11) is 1.63. The van der Waals surface area contributed by atoms with Crippen LogP contribution in [0.1, 0.15) is 20.3 Å². The average molecular weight is 297 g/mol. The monoisotopic (exact) mass is 297 g/mol. The van der Waals surface area contributed by atoms with E-state index in [1.807, 2.05) is 43.0 Å². The van der Waals surface area contributed by atoms with Crippen molar-refractivity contribution in [2.24, 2.45) is 0 Å². The van der Waals surface area contributed by atoms with E-state index in [4.69, 9.17) is 9.84 Å². The summed E-state index contributed by atoms with van der Waals surface area (Å²) in [6.45, 7) is 4.71. The van der Waals surface area contributed by atoms with Crippen LogP contribution in [-0.4, -0.2) is 48.0 Å². The highest BCUT2D eigenvalue weighted by molar-refractivity contribution is 8.00. The van der Waals surface area contributed by atoms with E-state index in [0.29, 0.717) is 18.7 Å². The van der Waals surface area contributed by atoms with Crippen LogP contribution in [0.25, 0.3) is 0 Å². The zero-order valence-electron chi connectivity index (χ0n) is 12.3. The molecule has 0 unspecified atom stereocenters. The van der Waals surface area contributed by atoms with E-state index in [0.717, 1.165) is 10.6 Å². The van der Waals surface area contributed by atoms with Crippen molar-refractivity contribution in [3.05, 3.63) is 24.3 Å². The number of rotatable bonds is 8. The molecule has 1 aromatic rings. The number of hydrogen-bond acceptors (Lipinski definition) is 4. The highest BCUT2D eigenvalue weighted by atomic mass is 32.2. The number of aliphatic hydroxyl groups excluding tert-OH is 1. The minimum absolute atomic E-state index is 0.106. The second-order valence-corrected chi connectivity index (χ2v) is 5.77. The molecule has 20 heavy (non-hydrogen) atoms. The maximum atomic E-state index is 12.2. The summed E-state index contributed by atoms with van der Waals surface area (Å²) in [6.07, 6.45) is 0.622. The van der Waals surface area contributed by atoms with Gasteiger partial charge in [0.15, 0.2) is 0 Å². The summed E-state index contributed by atoms with van der Waals surface area (Å²) in [5, 5.41) is 8.88. The average Bonchev–Trinajstić information content (AvgIpc) is 2.45. The molecule has 1 rings (SSSR count). The third-order valence-corrected chi connectivity index (χ3v) is 3.92. The normalized spacial score (nSPS) is 10.7. The van der Waals surface area contributed by atoms with Gasteiger partial charge in [0.2, 0.25) is 5.91 Å². The van der Waals surface area contributed by atoms with Gasteiger partial charge in [-0.2, -0.15) is 0 Å². The number of methoxy groups -OCH3 is 1. The van der Waals surface area contributed by atoms with Gasteiger partial charge < -0.3 is 14.7 Å². The van der Waals surface area contributed by atoms with E-state index in [-0.39, 0.29) is 18.6 Å². The molecule has 0 saturated heterocycles. The van der Waals surface area contributed by atoms with Gasteiger partial charge in [0.25, 0.3) is 0 Å².